The van der Waals surface area contributed by atoms with Gasteiger partial charge in [0.1, 0.15) is 23.3 Å². The second-order valence-corrected chi connectivity index (χ2v) is 10.0. The molecule has 10 nitrogen and oxygen atoms in total. The Bertz CT molecular complexity index is 1370. The molecule has 0 amide bonds. The first kappa shape index (κ1) is 21.8. The van der Waals surface area contributed by atoms with Gasteiger partial charge in [-0.3, -0.25) is 4.79 Å². The fourth-order valence-corrected chi connectivity index (χ4v) is 5.43. The third-order valence-corrected chi connectivity index (χ3v) is 7.42. The van der Waals surface area contributed by atoms with Crippen molar-refractivity contribution in [2.75, 3.05) is 41.8 Å². The van der Waals surface area contributed by atoms with Crippen LogP contribution >= 0.6 is 0 Å². The van der Waals surface area contributed by atoms with E-state index in [1.165, 1.54) is 6.20 Å². The van der Waals surface area contributed by atoms with Crippen molar-refractivity contribution in [3.05, 3.63) is 46.4 Å². The SMILES string of the molecule is N#Cc1c(N[C@@H]2CCCC[C@@H]2N)nc(Nc2cccc(N3CC4(COC4)C3)c2)c2c(=O)[nH]ncc12. The lowest BCUT2D eigenvalue weighted by Gasteiger charge is -2.56. The minimum absolute atomic E-state index is 0.0148. The van der Waals surface area contributed by atoms with Crippen LogP contribution in [0.15, 0.2) is 35.3 Å². The third-order valence-electron chi connectivity index (χ3n) is 7.42. The Labute approximate surface area is 202 Å². The molecule has 1 aliphatic carbocycles. The Balaban J connectivity index is 1.36. The summed E-state index contributed by atoms with van der Waals surface area (Å²) in [6.45, 7) is 3.63. The second-order valence-electron chi connectivity index (χ2n) is 10.0. The number of nitrogens with two attached hydrogens (primary N) is 1. The van der Waals surface area contributed by atoms with E-state index in [0.29, 0.717) is 33.4 Å². The molecule has 1 aromatic carbocycles. The van der Waals surface area contributed by atoms with Crippen LogP contribution in [-0.4, -0.2) is 53.6 Å². The molecule has 5 N–H and O–H groups in total. The van der Waals surface area contributed by atoms with Crippen LogP contribution in [0.1, 0.15) is 31.2 Å². The van der Waals surface area contributed by atoms with Gasteiger partial charge < -0.3 is 26.0 Å². The summed E-state index contributed by atoms with van der Waals surface area (Å²) in [5.41, 5.74) is 8.47. The molecule has 6 rings (SSSR count). The van der Waals surface area contributed by atoms with Gasteiger partial charge in [0.05, 0.1) is 30.2 Å². The predicted octanol–water partition coefficient (Wildman–Crippen LogP) is 2.45. The van der Waals surface area contributed by atoms with E-state index in [-0.39, 0.29) is 12.1 Å². The van der Waals surface area contributed by atoms with Gasteiger partial charge in [0.15, 0.2) is 0 Å². The monoisotopic (exact) mass is 472 g/mol. The lowest BCUT2D eigenvalue weighted by Crippen LogP contribution is -2.66. The Morgan fingerprint density at radius 1 is 1.23 bits per heavy atom. The standard InChI is InChI=1S/C25H28N8O2/c26-9-17-18-10-28-32-24(34)21(18)23(31-22(17)30-20-7-2-1-6-19(20)27)29-15-4-3-5-16(8-15)33-11-25(12-33)13-35-14-25/h3-5,8,10,19-20H,1-2,6-7,11-14,27H2,(H,32,34)(H2,29,30,31)/t19-,20+/m0/s1. The topological polar surface area (TPSA) is 145 Å². The highest BCUT2D eigenvalue weighted by Gasteiger charge is 2.49. The van der Waals surface area contributed by atoms with Gasteiger partial charge in [-0.1, -0.05) is 18.9 Å². The summed E-state index contributed by atoms with van der Waals surface area (Å²) in [5.74, 6) is 0.794. The first-order chi connectivity index (χ1) is 17.0. The van der Waals surface area contributed by atoms with Crippen LogP contribution in [0.5, 0.6) is 0 Å². The smallest absolute Gasteiger partial charge is 0.275 e. The normalized spacial score (nSPS) is 22.8. The number of hydrogen-bond acceptors (Lipinski definition) is 9. The van der Waals surface area contributed by atoms with Gasteiger partial charge >= 0.3 is 0 Å². The van der Waals surface area contributed by atoms with Crippen molar-refractivity contribution in [2.45, 2.75) is 37.8 Å². The van der Waals surface area contributed by atoms with Crippen LogP contribution in [-0.2, 0) is 4.74 Å². The molecule has 0 bridgehead atoms. The van der Waals surface area contributed by atoms with Crippen molar-refractivity contribution in [1.29, 1.82) is 5.26 Å². The first-order valence-electron chi connectivity index (χ1n) is 12.1. The van der Waals surface area contributed by atoms with E-state index in [9.17, 15) is 10.1 Å². The minimum atomic E-state index is -0.402. The lowest BCUT2D eigenvalue weighted by atomic mass is 9.78. The number of rotatable bonds is 5. The highest BCUT2D eigenvalue weighted by molar-refractivity contribution is 5.98. The Morgan fingerprint density at radius 2 is 2.06 bits per heavy atom. The van der Waals surface area contributed by atoms with Crippen LogP contribution in [0.25, 0.3) is 10.8 Å². The van der Waals surface area contributed by atoms with Crippen LogP contribution in [0.4, 0.5) is 23.0 Å². The summed E-state index contributed by atoms with van der Waals surface area (Å²) in [6, 6.07) is 10.3. The van der Waals surface area contributed by atoms with E-state index >= 15 is 0 Å². The summed E-state index contributed by atoms with van der Waals surface area (Å²) >= 11 is 0. The van der Waals surface area contributed by atoms with E-state index in [1.807, 2.05) is 12.1 Å². The van der Waals surface area contributed by atoms with Crippen molar-refractivity contribution in [3.8, 4) is 6.07 Å². The number of nitrogens with one attached hydrogen (secondary N) is 3. The zero-order chi connectivity index (χ0) is 24.0. The molecule has 0 radical (unpaired) electrons. The predicted molar refractivity (Wildman–Crippen MR) is 134 cm³/mol. The van der Waals surface area contributed by atoms with Gasteiger partial charge in [-0.25, -0.2) is 10.1 Å². The molecule has 4 heterocycles. The van der Waals surface area contributed by atoms with E-state index in [0.717, 1.165) is 63.4 Å². The van der Waals surface area contributed by atoms with Gasteiger partial charge in [-0.15, -0.1) is 0 Å². The second kappa shape index (κ2) is 8.52. The number of pyridine rings is 1. The van der Waals surface area contributed by atoms with Crippen LogP contribution in [0.2, 0.25) is 0 Å². The average Bonchev–Trinajstić information content (AvgIpc) is 2.79. The first-order valence-corrected chi connectivity index (χ1v) is 12.1. The zero-order valence-corrected chi connectivity index (χ0v) is 19.4. The summed E-state index contributed by atoms with van der Waals surface area (Å²) in [5, 5.41) is 23.8. The number of fused-ring (bicyclic) bond motifs is 1. The average molecular weight is 473 g/mol. The lowest BCUT2D eigenvalue weighted by molar-refractivity contribution is -0.127. The van der Waals surface area contributed by atoms with Crippen molar-refractivity contribution in [3.63, 3.8) is 0 Å². The molecular weight excluding hydrogens is 444 g/mol. The number of anilines is 4. The third kappa shape index (κ3) is 3.87. The number of nitriles is 1. The number of benzene rings is 1. The molecule has 2 aromatic heterocycles. The van der Waals surface area contributed by atoms with Gasteiger partial charge in [0.2, 0.25) is 0 Å². The zero-order valence-electron chi connectivity index (χ0n) is 19.4. The molecule has 3 fully saturated rings. The summed E-state index contributed by atoms with van der Waals surface area (Å²) in [6.07, 6.45) is 5.51. The molecule has 3 aromatic rings. The quantitative estimate of drug-likeness (QED) is 0.440. The molecule has 1 saturated carbocycles. The van der Waals surface area contributed by atoms with Crippen LogP contribution < -0.4 is 26.8 Å². The van der Waals surface area contributed by atoms with E-state index < -0.39 is 5.56 Å². The molecule has 10 heteroatoms. The van der Waals surface area contributed by atoms with Crippen molar-refractivity contribution < 1.29 is 4.74 Å². The minimum Gasteiger partial charge on any atom is -0.380 e. The van der Waals surface area contributed by atoms with Gasteiger partial charge in [0.25, 0.3) is 5.56 Å². The Hall–Kier alpha value is -3.68. The van der Waals surface area contributed by atoms with Crippen molar-refractivity contribution in [2.24, 2.45) is 11.1 Å². The molecule has 0 unspecified atom stereocenters. The maximum atomic E-state index is 12.8. The molecule has 2 atom stereocenters. The maximum Gasteiger partial charge on any atom is 0.275 e. The highest BCUT2D eigenvalue weighted by atomic mass is 16.5. The summed E-state index contributed by atoms with van der Waals surface area (Å²) < 4.78 is 5.39. The number of aromatic nitrogens is 3. The van der Waals surface area contributed by atoms with Crippen LogP contribution in [0, 0.1) is 16.7 Å². The summed E-state index contributed by atoms with van der Waals surface area (Å²) in [4.78, 5) is 19.8. The Morgan fingerprint density at radius 3 is 2.80 bits per heavy atom. The van der Waals surface area contributed by atoms with Crippen molar-refractivity contribution >= 4 is 33.8 Å². The fourth-order valence-electron chi connectivity index (χ4n) is 5.43. The molecule has 3 aliphatic rings. The van der Waals surface area contributed by atoms with Crippen LogP contribution in [0.3, 0.4) is 0 Å². The molecule has 1 spiro atoms. The molecule has 2 aliphatic heterocycles. The van der Waals surface area contributed by atoms with E-state index in [2.05, 4.69) is 43.9 Å². The van der Waals surface area contributed by atoms with Crippen molar-refractivity contribution in [1.82, 2.24) is 15.2 Å². The summed E-state index contributed by atoms with van der Waals surface area (Å²) in [7, 11) is 0. The highest BCUT2D eigenvalue weighted by Crippen LogP contribution is 2.41. The molecule has 35 heavy (non-hydrogen) atoms. The number of aromatic amines is 1. The number of nitrogens with zero attached hydrogens (tertiary/aromatic N) is 4. The fraction of sp³-hybridized carbons (Fsp3) is 0.440. The largest absolute Gasteiger partial charge is 0.380 e. The number of ether oxygens (including phenoxy) is 1. The van der Waals surface area contributed by atoms with Gasteiger partial charge in [-0.05, 0) is 31.0 Å². The van der Waals surface area contributed by atoms with Gasteiger partial charge in [-0.2, -0.15) is 10.4 Å². The number of H-pyrrole nitrogens is 1. The van der Waals surface area contributed by atoms with E-state index in [1.54, 1.807) is 0 Å². The van der Waals surface area contributed by atoms with E-state index in [4.69, 9.17) is 15.5 Å². The Kier molecular flexibility index (Phi) is 5.31. The maximum absolute atomic E-state index is 12.8. The molecule has 180 valence electrons. The van der Waals surface area contributed by atoms with Gasteiger partial charge in [0, 0.05) is 41.9 Å². The molecule has 2 saturated heterocycles. The molecular formula is C25H28N8O2. The number of hydrogen-bond donors (Lipinski definition) is 4.